The lowest BCUT2D eigenvalue weighted by atomic mass is 10.0. The van der Waals surface area contributed by atoms with Gasteiger partial charge in [-0.3, -0.25) is 4.90 Å². The van der Waals surface area contributed by atoms with Crippen molar-refractivity contribution in [2.45, 2.75) is 57.2 Å². The molecule has 1 heteroatoms. The van der Waals surface area contributed by atoms with Crippen molar-refractivity contribution < 1.29 is 0 Å². The van der Waals surface area contributed by atoms with Crippen LogP contribution in [0.5, 0.6) is 0 Å². The summed E-state index contributed by atoms with van der Waals surface area (Å²) in [5.41, 5.74) is 1.49. The molecule has 2 heterocycles. The zero-order valence-corrected chi connectivity index (χ0v) is 9.94. The number of benzene rings is 1. The minimum absolute atomic E-state index is 0.882. The van der Waals surface area contributed by atoms with Gasteiger partial charge in [0.2, 0.25) is 0 Å². The minimum atomic E-state index is 0.882. The Morgan fingerprint density at radius 1 is 0.875 bits per heavy atom. The van der Waals surface area contributed by atoms with Crippen LogP contribution in [0.25, 0.3) is 0 Å². The van der Waals surface area contributed by atoms with Gasteiger partial charge in [-0.25, -0.2) is 0 Å². The van der Waals surface area contributed by atoms with Crippen LogP contribution in [0.15, 0.2) is 30.3 Å². The summed E-state index contributed by atoms with van der Waals surface area (Å²) in [5.74, 6) is 0. The molecule has 2 bridgehead atoms. The average Bonchev–Trinajstić information content (AvgIpc) is 2.54. The molecule has 2 aliphatic rings. The quantitative estimate of drug-likeness (QED) is 0.728. The van der Waals surface area contributed by atoms with Crippen molar-refractivity contribution in [2.75, 3.05) is 0 Å². The Hall–Kier alpha value is -0.820. The lowest BCUT2D eigenvalue weighted by molar-refractivity contribution is 0.185. The number of nitrogens with zero attached hydrogens (tertiary/aromatic N) is 1. The van der Waals surface area contributed by atoms with Crippen molar-refractivity contribution in [1.82, 2.24) is 4.90 Å². The van der Waals surface area contributed by atoms with E-state index in [1.165, 1.54) is 50.6 Å². The van der Waals surface area contributed by atoms with Gasteiger partial charge in [0.25, 0.3) is 0 Å². The highest BCUT2D eigenvalue weighted by Gasteiger charge is 2.34. The van der Waals surface area contributed by atoms with Gasteiger partial charge in [-0.05, 0) is 31.2 Å². The molecule has 2 aliphatic heterocycles. The number of fused-ring (bicyclic) bond motifs is 2. The van der Waals surface area contributed by atoms with E-state index in [2.05, 4.69) is 35.2 Å². The molecule has 2 saturated heterocycles. The van der Waals surface area contributed by atoms with Crippen molar-refractivity contribution in [1.29, 1.82) is 0 Å². The Morgan fingerprint density at radius 3 is 2.12 bits per heavy atom. The third-order valence-electron chi connectivity index (χ3n) is 4.30. The molecule has 0 aliphatic carbocycles. The molecule has 86 valence electrons. The molecule has 3 rings (SSSR count). The van der Waals surface area contributed by atoms with E-state index in [4.69, 9.17) is 0 Å². The standard InChI is InChI=1S/C15H21N/c1-2-6-13(7-3-1)12-16-14-8-4-5-9-15(16)11-10-14/h1-3,6-7,14-15H,4-5,8-12H2. The Labute approximate surface area is 98.5 Å². The predicted molar refractivity (Wildman–Crippen MR) is 67.3 cm³/mol. The molecule has 0 saturated carbocycles. The van der Waals surface area contributed by atoms with Crippen molar-refractivity contribution in [2.24, 2.45) is 0 Å². The zero-order chi connectivity index (χ0) is 10.8. The average molecular weight is 215 g/mol. The highest BCUT2D eigenvalue weighted by Crippen LogP contribution is 2.35. The van der Waals surface area contributed by atoms with Gasteiger partial charge in [0.05, 0.1) is 0 Å². The summed E-state index contributed by atoms with van der Waals surface area (Å²) < 4.78 is 0. The largest absolute Gasteiger partial charge is 0.293 e. The number of hydrogen-bond acceptors (Lipinski definition) is 1. The topological polar surface area (TPSA) is 3.24 Å². The molecule has 0 aromatic heterocycles. The van der Waals surface area contributed by atoms with Crippen LogP contribution < -0.4 is 0 Å². The van der Waals surface area contributed by atoms with E-state index < -0.39 is 0 Å². The second kappa shape index (κ2) is 4.58. The maximum atomic E-state index is 2.78. The predicted octanol–water partition coefficient (Wildman–Crippen LogP) is 3.59. The maximum Gasteiger partial charge on any atom is 0.0239 e. The minimum Gasteiger partial charge on any atom is -0.293 e. The van der Waals surface area contributed by atoms with Gasteiger partial charge < -0.3 is 0 Å². The van der Waals surface area contributed by atoms with E-state index in [0.29, 0.717) is 0 Å². The van der Waals surface area contributed by atoms with Gasteiger partial charge >= 0.3 is 0 Å². The zero-order valence-electron chi connectivity index (χ0n) is 9.94. The summed E-state index contributed by atoms with van der Waals surface area (Å²) in [5, 5.41) is 0. The van der Waals surface area contributed by atoms with Crippen molar-refractivity contribution in [3.63, 3.8) is 0 Å². The summed E-state index contributed by atoms with van der Waals surface area (Å²) in [7, 11) is 0. The second-order valence-electron chi connectivity index (χ2n) is 5.33. The monoisotopic (exact) mass is 215 g/mol. The first-order valence-electron chi connectivity index (χ1n) is 6.73. The molecule has 1 aromatic rings. The molecule has 1 nitrogen and oxygen atoms in total. The summed E-state index contributed by atoms with van der Waals surface area (Å²) in [6.45, 7) is 1.18. The fourth-order valence-corrected chi connectivity index (χ4v) is 3.45. The first-order chi connectivity index (χ1) is 7.93. The van der Waals surface area contributed by atoms with E-state index in [1.807, 2.05) is 0 Å². The summed E-state index contributed by atoms with van der Waals surface area (Å²) >= 11 is 0. The van der Waals surface area contributed by atoms with E-state index in [0.717, 1.165) is 12.1 Å². The third-order valence-corrected chi connectivity index (χ3v) is 4.30. The van der Waals surface area contributed by atoms with Crippen LogP contribution in [0.4, 0.5) is 0 Å². The van der Waals surface area contributed by atoms with Crippen LogP contribution in [0.2, 0.25) is 0 Å². The van der Waals surface area contributed by atoms with Crippen LogP contribution in [0.1, 0.15) is 44.1 Å². The van der Waals surface area contributed by atoms with Gasteiger partial charge in [0.15, 0.2) is 0 Å². The normalized spacial score (nSPS) is 30.2. The highest BCUT2D eigenvalue weighted by molar-refractivity contribution is 5.15. The molecular formula is C15H21N. The van der Waals surface area contributed by atoms with Crippen LogP contribution >= 0.6 is 0 Å². The van der Waals surface area contributed by atoms with E-state index in [1.54, 1.807) is 0 Å². The molecule has 1 aromatic carbocycles. The van der Waals surface area contributed by atoms with E-state index >= 15 is 0 Å². The lowest BCUT2D eigenvalue weighted by Gasteiger charge is -2.27. The Bertz CT molecular complexity index is 319. The van der Waals surface area contributed by atoms with Crippen LogP contribution in [-0.2, 0) is 6.54 Å². The number of rotatable bonds is 2. The molecule has 0 amide bonds. The third kappa shape index (κ3) is 2.01. The second-order valence-corrected chi connectivity index (χ2v) is 5.33. The first kappa shape index (κ1) is 10.3. The van der Waals surface area contributed by atoms with Crippen LogP contribution in [-0.4, -0.2) is 17.0 Å². The van der Waals surface area contributed by atoms with Crippen molar-refractivity contribution in [3.8, 4) is 0 Å². The molecule has 2 fully saturated rings. The fraction of sp³-hybridized carbons (Fsp3) is 0.600. The van der Waals surface area contributed by atoms with Gasteiger partial charge in [-0.2, -0.15) is 0 Å². The van der Waals surface area contributed by atoms with Crippen LogP contribution in [0.3, 0.4) is 0 Å². The summed E-state index contributed by atoms with van der Waals surface area (Å²) in [6.07, 6.45) is 8.65. The van der Waals surface area contributed by atoms with Gasteiger partial charge in [0, 0.05) is 18.6 Å². The van der Waals surface area contributed by atoms with Gasteiger partial charge in [-0.1, -0.05) is 43.2 Å². The number of hydrogen-bond donors (Lipinski definition) is 0. The molecule has 16 heavy (non-hydrogen) atoms. The molecule has 0 radical (unpaired) electrons. The molecule has 0 N–H and O–H groups in total. The van der Waals surface area contributed by atoms with Gasteiger partial charge in [0.1, 0.15) is 0 Å². The van der Waals surface area contributed by atoms with Crippen molar-refractivity contribution >= 4 is 0 Å². The Morgan fingerprint density at radius 2 is 1.50 bits per heavy atom. The van der Waals surface area contributed by atoms with E-state index in [9.17, 15) is 0 Å². The summed E-state index contributed by atoms with van der Waals surface area (Å²) in [6, 6.07) is 12.7. The summed E-state index contributed by atoms with van der Waals surface area (Å²) in [4.78, 5) is 2.78. The Kier molecular flexibility index (Phi) is 2.96. The SMILES string of the molecule is c1ccc(CN2C3CCCCC2CC3)cc1. The maximum absolute atomic E-state index is 2.78. The fourth-order valence-electron chi connectivity index (χ4n) is 3.45. The van der Waals surface area contributed by atoms with Gasteiger partial charge in [-0.15, -0.1) is 0 Å². The first-order valence-corrected chi connectivity index (χ1v) is 6.73. The smallest absolute Gasteiger partial charge is 0.0239 e. The molecule has 2 atom stereocenters. The molecule has 2 unspecified atom stereocenters. The molecular weight excluding hydrogens is 194 g/mol. The Balaban J connectivity index is 1.74. The molecule has 0 spiro atoms. The van der Waals surface area contributed by atoms with E-state index in [-0.39, 0.29) is 0 Å². The lowest BCUT2D eigenvalue weighted by Crippen LogP contribution is -2.33. The highest BCUT2D eigenvalue weighted by atomic mass is 15.2. The van der Waals surface area contributed by atoms with Crippen molar-refractivity contribution in [3.05, 3.63) is 35.9 Å². The van der Waals surface area contributed by atoms with Crippen LogP contribution in [0, 0.1) is 0 Å².